The van der Waals surface area contributed by atoms with Crippen molar-refractivity contribution < 1.29 is 9.59 Å². The number of amides is 2. The molecular weight excluding hydrogens is 452 g/mol. The number of aryl methyl sites for hydroxylation is 1. The van der Waals surface area contributed by atoms with Crippen LogP contribution < -0.4 is 16.2 Å². The monoisotopic (exact) mass is 474 g/mol. The van der Waals surface area contributed by atoms with Crippen molar-refractivity contribution in [3.05, 3.63) is 87.7 Å². The number of carbonyl (C=O) groups is 2. The summed E-state index contributed by atoms with van der Waals surface area (Å²) in [5, 5.41) is 6.12. The zero-order valence-electron chi connectivity index (χ0n) is 18.9. The largest absolute Gasteiger partial charge is 0.326 e. The van der Waals surface area contributed by atoms with Crippen LogP contribution in [0.1, 0.15) is 25.5 Å². The Bertz CT molecular complexity index is 1480. The van der Waals surface area contributed by atoms with Crippen molar-refractivity contribution in [1.82, 2.24) is 9.55 Å². The van der Waals surface area contributed by atoms with Crippen LogP contribution in [0.2, 0.25) is 5.02 Å². The minimum Gasteiger partial charge on any atom is -0.326 e. The van der Waals surface area contributed by atoms with Gasteiger partial charge in [-0.3, -0.25) is 19.0 Å². The van der Waals surface area contributed by atoms with Gasteiger partial charge in [-0.1, -0.05) is 48.0 Å². The maximum absolute atomic E-state index is 13.7. The number of para-hydroxylation sites is 3. The molecule has 8 heteroatoms. The number of anilines is 2. The molecule has 4 rings (SSSR count). The molecule has 0 bridgehead atoms. The standard InChI is InChI=1S/C26H23ClN4O3/c1-15-12-13-18(27)14-22(15)30-25(33)16(2)31-23-11-7-6-10-21(23)29-24(26(31)34)19-8-4-5-9-20(19)28-17(3)32/h4-14,16H,1-3H3,(H,28,32)(H,30,33)/t16-/m0/s1. The van der Waals surface area contributed by atoms with Crippen molar-refractivity contribution in [2.45, 2.75) is 26.8 Å². The smallest absolute Gasteiger partial charge is 0.278 e. The number of aromatic nitrogens is 2. The van der Waals surface area contributed by atoms with E-state index in [2.05, 4.69) is 15.6 Å². The van der Waals surface area contributed by atoms with Gasteiger partial charge in [0.25, 0.3) is 5.56 Å². The topological polar surface area (TPSA) is 93.1 Å². The molecule has 0 saturated carbocycles. The summed E-state index contributed by atoms with van der Waals surface area (Å²) in [7, 11) is 0. The van der Waals surface area contributed by atoms with Crippen LogP contribution in [0.25, 0.3) is 22.3 Å². The number of nitrogens with zero attached hydrogens (tertiary/aromatic N) is 2. The zero-order valence-corrected chi connectivity index (χ0v) is 19.7. The highest BCUT2D eigenvalue weighted by Gasteiger charge is 2.23. The number of hydrogen-bond acceptors (Lipinski definition) is 4. The average Bonchev–Trinajstić information content (AvgIpc) is 2.81. The molecular formula is C26H23ClN4O3. The van der Waals surface area contributed by atoms with Crippen LogP contribution in [0, 0.1) is 6.92 Å². The molecule has 4 aromatic rings. The van der Waals surface area contributed by atoms with E-state index in [1.807, 2.05) is 19.1 Å². The van der Waals surface area contributed by atoms with Gasteiger partial charge in [0.2, 0.25) is 11.8 Å². The normalized spacial score (nSPS) is 11.8. The summed E-state index contributed by atoms with van der Waals surface area (Å²) in [6.45, 7) is 4.92. The SMILES string of the molecule is CC(=O)Nc1ccccc1-c1nc2ccccc2n([C@@H](C)C(=O)Nc2cc(Cl)ccc2C)c1=O. The van der Waals surface area contributed by atoms with Gasteiger partial charge in [0, 0.05) is 23.2 Å². The maximum Gasteiger partial charge on any atom is 0.278 e. The van der Waals surface area contributed by atoms with Gasteiger partial charge in [-0.2, -0.15) is 0 Å². The second kappa shape index (κ2) is 9.49. The van der Waals surface area contributed by atoms with Gasteiger partial charge < -0.3 is 10.6 Å². The van der Waals surface area contributed by atoms with E-state index in [4.69, 9.17) is 11.6 Å². The van der Waals surface area contributed by atoms with E-state index < -0.39 is 11.6 Å². The van der Waals surface area contributed by atoms with E-state index in [1.165, 1.54) is 11.5 Å². The summed E-state index contributed by atoms with van der Waals surface area (Å²) < 4.78 is 1.43. The third-order valence-corrected chi connectivity index (χ3v) is 5.75. The van der Waals surface area contributed by atoms with Crippen LogP contribution in [-0.2, 0) is 9.59 Å². The molecule has 1 aromatic heterocycles. The number of fused-ring (bicyclic) bond motifs is 1. The summed E-state index contributed by atoms with van der Waals surface area (Å²) in [5.74, 6) is -0.636. The van der Waals surface area contributed by atoms with Crippen molar-refractivity contribution in [2.24, 2.45) is 0 Å². The molecule has 0 unspecified atom stereocenters. The summed E-state index contributed by atoms with van der Waals surface area (Å²) in [4.78, 5) is 43.3. The van der Waals surface area contributed by atoms with Crippen molar-refractivity contribution >= 4 is 45.8 Å². The van der Waals surface area contributed by atoms with Crippen LogP contribution in [0.15, 0.2) is 71.5 Å². The molecule has 1 heterocycles. The van der Waals surface area contributed by atoms with Crippen molar-refractivity contribution in [2.75, 3.05) is 10.6 Å². The molecule has 7 nitrogen and oxygen atoms in total. The van der Waals surface area contributed by atoms with Gasteiger partial charge in [0.15, 0.2) is 0 Å². The van der Waals surface area contributed by atoms with Gasteiger partial charge in [-0.25, -0.2) is 4.98 Å². The Labute approximate surface area is 201 Å². The molecule has 172 valence electrons. The Kier molecular flexibility index (Phi) is 6.47. The Morgan fingerprint density at radius 1 is 0.971 bits per heavy atom. The fourth-order valence-electron chi connectivity index (χ4n) is 3.79. The van der Waals surface area contributed by atoms with Crippen LogP contribution in [-0.4, -0.2) is 21.4 Å². The third-order valence-electron chi connectivity index (χ3n) is 5.51. The molecule has 0 fully saturated rings. The molecule has 3 aromatic carbocycles. The molecule has 0 spiro atoms. The second-order valence-electron chi connectivity index (χ2n) is 7.98. The second-order valence-corrected chi connectivity index (χ2v) is 8.41. The first-order valence-electron chi connectivity index (χ1n) is 10.7. The number of hydrogen-bond donors (Lipinski definition) is 2. The zero-order chi connectivity index (χ0) is 24.4. The summed E-state index contributed by atoms with van der Waals surface area (Å²) >= 11 is 6.09. The number of benzene rings is 3. The van der Waals surface area contributed by atoms with Gasteiger partial charge in [-0.05, 0) is 49.7 Å². The van der Waals surface area contributed by atoms with Gasteiger partial charge in [-0.15, -0.1) is 0 Å². The van der Waals surface area contributed by atoms with Gasteiger partial charge in [0.1, 0.15) is 11.7 Å². The molecule has 34 heavy (non-hydrogen) atoms. The van der Waals surface area contributed by atoms with E-state index in [0.717, 1.165) is 5.56 Å². The molecule has 2 amide bonds. The molecule has 0 radical (unpaired) electrons. The molecule has 1 atom stereocenters. The van der Waals surface area contributed by atoms with Crippen molar-refractivity contribution in [1.29, 1.82) is 0 Å². The lowest BCUT2D eigenvalue weighted by atomic mass is 10.1. The number of halogens is 1. The molecule has 2 N–H and O–H groups in total. The first kappa shape index (κ1) is 23.2. The van der Waals surface area contributed by atoms with Crippen LogP contribution >= 0.6 is 11.6 Å². The first-order chi connectivity index (χ1) is 16.3. The highest BCUT2D eigenvalue weighted by Crippen LogP contribution is 2.27. The Hall–Kier alpha value is -3.97. The van der Waals surface area contributed by atoms with Gasteiger partial charge >= 0.3 is 0 Å². The van der Waals surface area contributed by atoms with E-state index in [0.29, 0.717) is 33.0 Å². The lowest BCUT2D eigenvalue weighted by Crippen LogP contribution is -2.33. The molecule has 0 aliphatic heterocycles. The quantitative estimate of drug-likeness (QED) is 0.416. The number of nitrogens with one attached hydrogen (secondary N) is 2. The summed E-state index contributed by atoms with van der Waals surface area (Å²) in [5.41, 5.74) is 3.14. The third kappa shape index (κ3) is 4.56. The molecule has 0 saturated heterocycles. The van der Waals surface area contributed by atoms with Crippen LogP contribution in [0.4, 0.5) is 11.4 Å². The van der Waals surface area contributed by atoms with Gasteiger partial charge in [0.05, 0.1) is 16.7 Å². The average molecular weight is 475 g/mol. The fourth-order valence-corrected chi connectivity index (χ4v) is 3.96. The highest BCUT2D eigenvalue weighted by molar-refractivity contribution is 6.31. The predicted molar refractivity (Wildman–Crippen MR) is 135 cm³/mol. The first-order valence-corrected chi connectivity index (χ1v) is 11.1. The van der Waals surface area contributed by atoms with Crippen molar-refractivity contribution in [3.63, 3.8) is 0 Å². The number of rotatable bonds is 5. The van der Waals surface area contributed by atoms with Crippen LogP contribution in [0.3, 0.4) is 0 Å². The molecule has 0 aliphatic carbocycles. The van der Waals surface area contributed by atoms with E-state index in [1.54, 1.807) is 61.5 Å². The highest BCUT2D eigenvalue weighted by atomic mass is 35.5. The van der Waals surface area contributed by atoms with Crippen molar-refractivity contribution in [3.8, 4) is 11.3 Å². The number of carbonyl (C=O) groups excluding carboxylic acids is 2. The Balaban J connectivity index is 1.86. The lowest BCUT2D eigenvalue weighted by Gasteiger charge is -2.20. The van der Waals surface area contributed by atoms with E-state index in [9.17, 15) is 14.4 Å². The maximum atomic E-state index is 13.7. The Morgan fingerprint density at radius 2 is 1.68 bits per heavy atom. The summed E-state index contributed by atoms with van der Waals surface area (Å²) in [6, 6.07) is 18.5. The Morgan fingerprint density at radius 3 is 2.44 bits per heavy atom. The van der Waals surface area contributed by atoms with E-state index >= 15 is 0 Å². The molecule has 0 aliphatic rings. The van der Waals surface area contributed by atoms with E-state index in [-0.39, 0.29) is 17.5 Å². The lowest BCUT2D eigenvalue weighted by molar-refractivity contribution is -0.118. The minimum atomic E-state index is -0.856. The summed E-state index contributed by atoms with van der Waals surface area (Å²) in [6.07, 6.45) is 0. The fraction of sp³-hybridized carbons (Fsp3) is 0.154. The predicted octanol–water partition coefficient (Wildman–Crippen LogP) is 5.18. The van der Waals surface area contributed by atoms with Crippen LogP contribution in [0.5, 0.6) is 0 Å². The minimum absolute atomic E-state index is 0.140.